The second-order valence-corrected chi connectivity index (χ2v) is 7.74. The minimum atomic E-state index is -0.256. The lowest BCUT2D eigenvalue weighted by Crippen LogP contribution is -2.51. The van der Waals surface area contributed by atoms with Crippen molar-refractivity contribution in [2.75, 3.05) is 20.2 Å². The molecule has 0 saturated carbocycles. The molecule has 0 radical (unpaired) electrons. The number of hydrogen-bond donors (Lipinski definition) is 1. The molecule has 4 atom stereocenters. The van der Waals surface area contributed by atoms with Gasteiger partial charge >= 0.3 is 5.97 Å². The Balaban J connectivity index is 1.55. The number of piperidine rings is 1. The number of rotatable bonds is 1. The largest absolute Gasteiger partial charge is 0.497 e. The van der Waals surface area contributed by atoms with Gasteiger partial charge in [-0.3, -0.25) is 4.90 Å². The Bertz CT molecular complexity index is 900. The molecule has 0 aliphatic carbocycles. The smallest absolute Gasteiger partial charge is 0.337 e. The molecule has 3 aliphatic heterocycles. The monoisotopic (exact) mass is 352 g/mol. The van der Waals surface area contributed by atoms with E-state index >= 15 is 0 Å². The average Bonchev–Trinajstić information content (AvgIpc) is 3.06. The molecule has 136 valence electrons. The zero-order chi connectivity index (χ0) is 17.8. The van der Waals surface area contributed by atoms with Crippen LogP contribution in [0.2, 0.25) is 0 Å². The van der Waals surface area contributed by atoms with E-state index in [4.69, 9.17) is 9.47 Å². The van der Waals surface area contributed by atoms with Crippen LogP contribution in [0.3, 0.4) is 0 Å². The number of nitrogens with one attached hydrogen (secondary N) is 1. The number of benzene rings is 1. The topological polar surface area (TPSA) is 54.6 Å². The van der Waals surface area contributed by atoms with Crippen LogP contribution in [0.5, 0.6) is 0 Å². The normalized spacial score (nSPS) is 30.6. The Morgan fingerprint density at radius 1 is 1.35 bits per heavy atom. The van der Waals surface area contributed by atoms with Gasteiger partial charge in [-0.1, -0.05) is 18.2 Å². The number of fused-ring (bicyclic) bond motifs is 6. The number of H-pyrrole nitrogens is 1. The van der Waals surface area contributed by atoms with Crippen molar-refractivity contribution in [3.8, 4) is 0 Å². The molecule has 4 heterocycles. The number of aromatic nitrogens is 1. The van der Waals surface area contributed by atoms with Crippen LogP contribution in [0.15, 0.2) is 36.1 Å². The summed E-state index contributed by atoms with van der Waals surface area (Å²) in [6, 6.07) is 8.88. The number of para-hydroxylation sites is 1. The minimum absolute atomic E-state index is 0.124. The predicted molar refractivity (Wildman–Crippen MR) is 98.6 cm³/mol. The number of esters is 1. The lowest BCUT2D eigenvalue weighted by atomic mass is 9.72. The van der Waals surface area contributed by atoms with E-state index in [1.165, 1.54) is 29.3 Å². The maximum Gasteiger partial charge on any atom is 0.337 e. The van der Waals surface area contributed by atoms with Crippen molar-refractivity contribution in [2.24, 2.45) is 11.8 Å². The van der Waals surface area contributed by atoms with Gasteiger partial charge in [0.2, 0.25) is 0 Å². The van der Waals surface area contributed by atoms with Crippen molar-refractivity contribution in [3.63, 3.8) is 0 Å². The van der Waals surface area contributed by atoms with Gasteiger partial charge in [0.1, 0.15) is 0 Å². The first-order chi connectivity index (χ1) is 12.7. The minimum Gasteiger partial charge on any atom is -0.497 e. The zero-order valence-electron chi connectivity index (χ0n) is 15.2. The van der Waals surface area contributed by atoms with Gasteiger partial charge in [-0.05, 0) is 31.4 Å². The van der Waals surface area contributed by atoms with E-state index in [1.54, 1.807) is 6.26 Å². The van der Waals surface area contributed by atoms with Crippen LogP contribution in [-0.2, 0) is 20.7 Å². The Morgan fingerprint density at radius 2 is 2.19 bits per heavy atom. The summed E-state index contributed by atoms with van der Waals surface area (Å²) >= 11 is 0. The van der Waals surface area contributed by atoms with Crippen LogP contribution in [0.1, 0.15) is 30.6 Å². The number of carbonyl (C=O) groups is 1. The van der Waals surface area contributed by atoms with Crippen LogP contribution in [0.25, 0.3) is 10.9 Å². The SMILES string of the molecule is COC(=O)C1=CO[C@@H](C)[C@H]2CN3CCc4c([nH]c5ccccc45)C3CC12. The maximum atomic E-state index is 12.3. The number of carbonyl (C=O) groups excluding carboxylic acids is 1. The standard InChI is InChI=1S/C21H24N2O3/c1-12-16-10-23-8-7-14-13-5-3-4-6-18(13)22-20(14)19(23)9-15(16)17(11-26-12)21(24)25-2/h3-6,11-12,15-16,19,22H,7-10H2,1-2H3/t12-,15?,16+,19?/m0/s1. The van der Waals surface area contributed by atoms with Gasteiger partial charge in [0, 0.05) is 41.5 Å². The Labute approximate surface area is 153 Å². The number of nitrogens with zero attached hydrogens (tertiary/aromatic N) is 1. The molecule has 2 aromatic rings. The molecule has 3 aliphatic rings. The molecule has 2 unspecified atom stereocenters. The van der Waals surface area contributed by atoms with Crippen molar-refractivity contribution < 1.29 is 14.3 Å². The highest BCUT2D eigenvalue weighted by molar-refractivity contribution is 5.89. The first-order valence-corrected chi connectivity index (χ1v) is 9.44. The second-order valence-electron chi connectivity index (χ2n) is 7.74. The van der Waals surface area contributed by atoms with Gasteiger partial charge in [0.25, 0.3) is 0 Å². The fraction of sp³-hybridized carbons (Fsp3) is 0.476. The van der Waals surface area contributed by atoms with Gasteiger partial charge in [-0.15, -0.1) is 0 Å². The summed E-state index contributed by atoms with van der Waals surface area (Å²) < 4.78 is 10.8. The quantitative estimate of drug-likeness (QED) is 0.801. The van der Waals surface area contributed by atoms with E-state index < -0.39 is 0 Å². The van der Waals surface area contributed by atoms with E-state index in [1.807, 2.05) is 0 Å². The fourth-order valence-corrected chi connectivity index (χ4v) is 5.19. The summed E-state index contributed by atoms with van der Waals surface area (Å²) in [4.78, 5) is 18.5. The highest BCUT2D eigenvalue weighted by Crippen LogP contribution is 2.47. The third-order valence-electron chi connectivity index (χ3n) is 6.54. The van der Waals surface area contributed by atoms with E-state index in [9.17, 15) is 4.79 Å². The van der Waals surface area contributed by atoms with E-state index in [0.717, 1.165) is 25.9 Å². The van der Waals surface area contributed by atoms with Crippen LogP contribution in [-0.4, -0.2) is 42.2 Å². The molecule has 5 nitrogen and oxygen atoms in total. The summed E-state index contributed by atoms with van der Waals surface area (Å²) in [5.74, 6) is 0.258. The molecule has 26 heavy (non-hydrogen) atoms. The summed E-state index contributed by atoms with van der Waals surface area (Å²) in [6.45, 7) is 4.13. The molecule has 5 heteroatoms. The zero-order valence-corrected chi connectivity index (χ0v) is 15.2. The third kappa shape index (κ3) is 2.23. The second kappa shape index (κ2) is 5.88. The lowest BCUT2D eigenvalue weighted by molar-refractivity contribution is -0.139. The molecule has 1 saturated heterocycles. The van der Waals surface area contributed by atoms with Crippen LogP contribution in [0, 0.1) is 11.8 Å². The van der Waals surface area contributed by atoms with Gasteiger partial charge in [0.15, 0.2) is 0 Å². The predicted octanol–water partition coefficient (Wildman–Crippen LogP) is 3.18. The molecular weight excluding hydrogens is 328 g/mol. The molecule has 1 aromatic carbocycles. The summed E-state index contributed by atoms with van der Waals surface area (Å²) in [5, 5.41) is 1.34. The Morgan fingerprint density at radius 3 is 3.04 bits per heavy atom. The molecule has 0 amide bonds. The van der Waals surface area contributed by atoms with Gasteiger partial charge in [-0.25, -0.2) is 4.79 Å². The van der Waals surface area contributed by atoms with Crippen LogP contribution >= 0.6 is 0 Å². The Kier molecular flexibility index (Phi) is 3.60. The van der Waals surface area contributed by atoms with Gasteiger partial charge in [-0.2, -0.15) is 0 Å². The Hall–Kier alpha value is -2.27. The molecule has 1 N–H and O–H groups in total. The number of hydrogen-bond acceptors (Lipinski definition) is 4. The lowest BCUT2D eigenvalue weighted by Gasteiger charge is -2.49. The molecule has 0 bridgehead atoms. The van der Waals surface area contributed by atoms with Crippen molar-refractivity contribution in [1.82, 2.24) is 9.88 Å². The third-order valence-corrected chi connectivity index (χ3v) is 6.54. The number of aromatic amines is 1. The molecule has 1 aromatic heterocycles. The summed E-state index contributed by atoms with van der Waals surface area (Å²) in [6.07, 6.45) is 3.77. The molecule has 0 spiro atoms. The van der Waals surface area contributed by atoms with Crippen molar-refractivity contribution in [1.29, 1.82) is 0 Å². The van der Waals surface area contributed by atoms with Gasteiger partial charge < -0.3 is 14.5 Å². The maximum absolute atomic E-state index is 12.3. The number of ether oxygens (including phenoxy) is 2. The van der Waals surface area contributed by atoms with Crippen molar-refractivity contribution >= 4 is 16.9 Å². The molecular formula is C21H24N2O3. The molecule has 1 fully saturated rings. The van der Waals surface area contributed by atoms with E-state index in [0.29, 0.717) is 17.5 Å². The van der Waals surface area contributed by atoms with Crippen molar-refractivity contribution in [3.05, 3.63) is 47.4 Å². The van der Waals surface area contributed by atoms with Crippen LogP contribution in [0.4, 0.5) is 0 Å². The first kappa shape index (κ1) is 15.9. The average molecular weight is 352 g/mol. The highest BCUT2D eigenvalue weighted by Gasteiger charge is 2.46. The summed E-state index contributed by atoms with van der Waals surface area (Å²) in [5.41, 5.74) is 4.69. The highest BCUT2D eigenvalue weighted by atomic mass is 16.5. The van der Waals surface area contributed by atoms with Gasteiger partial charge in [0.05, 0.1) is 31.1 Å². The van der Waals surface area contributed by atoms with Crippen molar-refractivity contribution in [2.45, 2.75) is 31.9 Å². The molecule has 5 rings (SSSR count). The van der Waals surface area contributed by atoms with Crippen LogP contribution < -0.4 is 0 Å². The number of methoxy groups -OCH3 is 1. The fourth-order valence-electron chi connectivity index (χ4n) is 5.19. The first-order valence-electron chi connectivity index (χ1n) is 9.44. The van der Waals surface area contributed by atoms with E-state index in [2.05, 4.69) is 41.1 Å². The summed E-state index contributed by atoms with van der Waals surface area (Å²) in [7, 11) is 1.45. The van der Waals surface area contributed by atoms with E-state index in [-0.39, 0.29) is 18.0 Å².